The summed E-state index contributed by atoms with van der Waals surface area (Å²) in [5.74, 6) is 1.05. The maximum atomic E-state index is 13.8. The number of rotatable bonds is 12. The molecular formula is C36H43ClN6O3. The molecule has 0 atom stereocenters. The minimum absolute atomic E-state index is 0.0713. The van der Waals surface area contributed by atoms with E-state index in [1.165, 1.54) is 4.90 Å². The lowest BCUT2D eigenvalue weighted by atomic mass is 10.1. The first-order valence-corrected chi connectivity index (χ1v) is 15.9. The summed E-state index contributed by atoms with van der Waals surface area (Å²) in [6.07, 6.45) is 0.994. The van der Waals surface area contributed by atoms with Crippen LogP contribution in [0.5, 0.6) is 5.75 Å². The van der Waals surface area contributed by atoms with E-state index < -0.39 is 6.09 Å². The van der Waals surface area contributed by atoms with Crippen molar-refractivity contribution in [2.45, 2.75) is 48.1 Å². The number of nitrogens with zero attached hydrogens (tertiary/aromatic N) is 5. The van der Waals surface area contributed by atoms with Gasteiger partial charge in [0.25, 0.3) is 5.91 Å². The Balaban J connectivity index is 1.60. The molecule has 0 aliphatic rings. The first-order chi connectivity index (χ1) is 22.0. The molecule has 242 valence electrons. The predicted octanol–water partition coefficient (Wildman–Crippen LogP) is 7.73. The molecule has 4 rings (SSSR count). The second-order valence-electron chi connectivity index (χ2n) is 11.5. The Morgan fingerprint density at radius 2 is 1.61 bits per heavy atom. The molecule has 0 aliphatic carbocycles. The molecule has 3 aromatic carbocycles. The van der Waals surface area contributed by atoms with Gasteiger partial charge in [-0.1, -0.05) is 55.3 Å². The summed E-state index contributed by atoms with van der Waals surface area (Å²) in [5.41, 5.74) is 5.84. The van der Waals surface area contributed by atoms with Crippen molar-refractivity contribution in [3.8, 4) is 5.75 Å². The fourth-order valence-corrected chi connectivity index (χ4v) is 5.46. The number of hydrogen-bond acceptors (Lipinski definition) is 7. The van der Waals surface area contributed by atoms with Crippen LogP contribution in [0.3, 0.4) is 0 Å². The molecule has 46 heavy (non-hydrogen) atoms. The van der Waals surface area contributed by atoms with Crippen LogP contribution in [0, 0.1) is 27.7 Å². The highest BCUT2D eigenvalue weighted by Crippen LogP contribution is 2.28. The zero-order valence-electron chi connectivity index (χ0n) is 27.7. The molecule has 0 bridgehead atoms. The lowest BCUT2D eigenvalue weighted by molar-refractivity contribution is 0.0780. The number of nitrogens with one attached hydrogen (secondary N) is 1. The lowest BCUT2D eigenvalue weighted by Gasteiger charge is -2.24. The van der Waals surface area contributed by atoms with Gasteiger partial charge in [-0.05, 0) is 99.4 Å². The maximum absolute atomic E-state index is 13.8. The summed E-state index contributed by atoms with van der Waals surface area (Å²) in [6, 6.07) is 18.4. The molecule has 0 radical (unpaired) electrons. The Bertz CT molecular complexity index is 1670. The number of carbonyl (C=O) groups excluding carboxylic acids is 2. The normalized spacial score (nSPS) is 11.0. The molecule has 0 spiro atoms. The van der Waals surface area contributed by atoms with Gasteiger partial charge in [-0.15, -0.1) is 0 Å². The SMILES string of the molecule is CCN(CC)CCN(C)C(=O)c1cccc(Nc2nccc(N(Cc3cc(Cl)ccc3C)C(=O)Oc3c(C)cc(C)cc3C)n2)c1. The molecule has 2 amide bonds. The van der Waals surface area contributed by atoms with Gasteiger partial charge in [-0.2, -0.15) is 4.98 Å². The number of aryl methyl sites for hydroxylation is 4. The Labute approximate surface area is 277 Å². The van der Waals surface area contributed by atoms with Crippen LogP contribution in [-0.2, 0) is 6.54 Å². The second-order valence-corrected chi connectivity index (χ2v) is 11.9. The van der Waals surface area contributed by atoms with E-state index in [9.17, 15) is 9.59 Å². The second kappa shape index (κ2) is 15.7. The van der Waals surface area contributed by atoms with Crippen molar-refractivity contribution in [2.24, 2.45) is 0 Å². The van der Waals surface area contributed by atoms with Crippen molar-refractivity contribution >= 4 is 41.1 Å². The molecule has 9 nitrogen and oxygen atoms in total. The summed E-state index contributed by atoms with van der Waals surface area (Å²) >= 11 is 6.33. The summed E-state index contributed by atoms with van der Waals surface area (Å²) in [6.45, 7) is 15.5. The van der Waals surface area contributed by atoms with E-state index in [0.29, 0.717) is 34.4 Å². The highest BCUT2D eigenvalue weighted by atomic mass is 35.5. The molecule has 0 fully saturated rings. The van der Waals surface area contributed by atoms with Crippen molar-refractivity contribution in [1.82, 2.24) is 19.8 Å². The average molecular weight is 643 g/mol. The number of amides is 2. The van der Waals surface area contributed by atoms with E-state index in [-0.39, 0.29) is 18.4 Å². The largest absolute Gasteiger partial charge is 0.421 e. The van der Waals surface area contributed by atoms with Crippen LogP contribution in [-0.4, -0.2) is 65.0 Å². The minimum Gasteiger partial charge on any atom is -0.409 e. The van der Waals surface area contributed by atoms with Gasteiger partial charge in [0.15, 0.2) is 0 Å². The van der Waals surface area contributed by atoms with E-state index in [1.807, 2.05) is 77.2 Å². The number of hydrogen-bond donors (Lipinski definition) is 1. The highest BCUT2D eigenvalue weighted by molar-refractivity contribution is 6.30. The third-order valence-corrected chi connectivity index (χ3v) is 8.17. The molecule has 0 aliphatic heterocycles. The lowest BCUT2D eigenvalue weighted by Crippen LogP contribution is -2.36. The van der Waals surface area contributed by atoms with Gasteiger partial charge in [-0.25, -0.2) is 9.78 Å². The van der Waals surface area contributed by atoms with Crippen molar-refractivity contribution in [2.75, 3.05) is 43.4 Å². The molecular weight excluding hydrogens is 600 g/mol. The van der Waals surface area contributed by atoms with Gasteiger partial charge in [0.1, 0.15) is 11.6 Å². The Kier molecular flexibility index (Phi) is 11.7. The van der Waals surface area contributed by atoms with Crippen LogP contribution >= 0.6 is 11.6 Å². The smallest absolute Gasteiger partial charge is 0.409 e. The first kappa shape index (κ1) is 34.4. The van der Waals surface area contributed by atoms with Gasteiger partial charge in [0.2, 0.25) is 5.95 Å². The molecule has 1 aromatic heterocycles. The van der Waals surface area contributed by atoms with Crippen LogP contribution in [0.4, 0.5) is 22.2 Å². The fraction of sp³-hybridized carbons (Fsp3) is 0.333. The number of benzene rings is 3. The molecule has 4 aromatic rings. The highest BCUT2D eigenvalue weighted by Gasteiger charge is 2.23. The fourth-order valence-electron chi connectivity index (χ4n) is 5.26. The van der Waals surface area contributed by atoms with Crippen LogP contribution in [0.15, 0.2) is 66.9 Å². The standard InChI is InChI=1S/C36H43ClN6O3/c1-8-42(9-2)18-17-41(7)34(44)28-11-10-12-31(22-28)39-35-38-16-15-32(40-35)43(23-29-21-30(37)14-13-25(29)4)36(45)46-33-26(5)19-24(3)20-27(33)6/h10-16,19-22H,8-9,17-18,23H2,1-7H3,(H,38,39,40). The van der Waals surface area contributed by atoms with Gasteiger partial charge < -0.3 is 19.9 Å². The van der Waals surface area contributed by atoms with Crippen LogP contribution in [0.25, 0.3) is 0 Å². The Hall–Kier alpha value is -4.47. The molecule has 0 unspecified atom stereocenters. The third kappa shape index (κ3) is 8.83. The maximum Gasteiger partial charge on any atom is 0.421 e. The van der Waals surface area contributed by atoms with E-state index in [0.717, 1.165) is 47.5 Å². The number of ether oxygens (including phenoxy) is 1. The topological polar surface area (TPSA) is 90.9 Å². The molecule has 10 heteroatoms. The minimum atomic E-state index is -0.584. The average Bonchev–Trinajstić information content (AvgIpc) is 3.03. The quantitative estimate of drug-likeness (QED) is 0.169. The molecule has 1 N–H and O–H groups in total. The van der Waals surface area contributed by atoms with E-state index in [4.69, 9.17) is 16.3 Å². The monoisotopic (exact) mass is 642 g/mol. The van der Waals surface area contributed by atoms with Crippen LogP contribution in [0.2, 0.25) is 5.02 Å². The van der Waals surface area contributed by atoms with E-state index >= 15 is 0 Å². The van der Waals surface area contributed by atoms with Crippen molar-refractivity contribution in [1.29, 1.82) is 0 Å². The van der Waals surface area contributed by atoms with Crippen molar-refractivity contribution < 1.29 is 14.3 Å². The van der Waals surface area contributed by atoms with E-state index in [2.05, 4.69) is 34.0 Å². The Morgan fingerprint density at radius 3 is 2.30 bits per heavy atom. The summed E-state index contributed by atoms with van der Waals surface area (Å²) in [5, 5.41) is 3.77. The van der Waals surface area contributed by atoms with Crippen LogP contribution < -0.4 is 15.0 Å². The van der Waals surface area contributed by atoms with Gasteiger partial charge >= 0.3 is 6.09 Å². The van der Waals surface area contributed by atoms with Gasteiger partial charge in [-0.3, -0.25) is 9.69 Å². The first-order valence-electron chi connectivity index (χ1n) is 15.5. The zero-order valence-corrected chi connectivity index (χ0v) is 28.5. The number of carbonyl (C=O) groups is 2. The molecule has 0 saturated heterocycles. The predicted molar refractivity (Wildman–Crippen MR) is 186 cm³/mol. The molecule has 1 heterocycles. The summed E-state index contributed by atoms with van der Waals surface area (Å²) in [4.78, 5) is 41.6. The van der Waals surface area contributed by atoms with Crippen molar-refractivity contribution in [3.05, 3.63) is 105 Å². The number of likely N-dealkylation sites (N-methyl/N-ethyl adjacent to an activating group) is 2. The van der Waals surface area contributed by atoms with Gasteiger partial charge in [0, 0.05) is 42.6 Å². The third-order valence-electron chi connectivity index (χ3n) is 7.93. The number of anilines is 3. The zero-order chi connectivity index (χ0) is 33.4. The number of halogens is 1. The van der Waals surface area contributed by atoms with Gasteiger partial charge in [0.05, 0.1) is 6.54 Å². The summed E-state index contributed by atoms with van der Waals surface area (Å²) in [7, 11) is 1.81. The Morgan fingerprint density at radius 1 is 0.891 bits per heavy atom. The molecule has 0 saturated carbocycles. The summed E-state index contributed by atoms with van der Waals surface area (Å²) < 4.78 is 5.99. The number of aromatic nitrogens is 2. The van der Waals surface area contributed by atoms with E-state index in [1.54, 1.807) is 29.3 Å². The van der Waals surface area contributed by atoms with Crippen LogP contribution in [0.1, 0.15) is 52.0 Å². The van der Waals surface area contributed by atoms with Crippen molar-refractivity contribution in [3.63, 3.8) is 0 Å².